The van der Waals surface area contributed by atoms with Crippen molar-refractivity contribution in [1.82, 2.24) is 10.2 Å². The maximum atomic E-state index is 11.8. The molecule has 0 aliphatic carbocycles. The number of hydrogen-bond donors (Lipinski definition) is 1. The third-order valence-corrected chi connectivity index (χ3v) is 2.80. The third kappa shape index (κ3) is 3.84. The van der Waals surface area contributed by atoms with Crippen molar-refractivity contribution in [1.29, 1.82) is 0 Å². The van der Waals surface area contributed by atoms with Crippen LogP contribution in [0.25, 0.3) is 0 Å². The van der Waals surface area contributed by atoms with Gasteiger partial charge in [-0.15, -0.1) is 0 Å². The Hall–Kier alpha value is -1.36. The molecule has 0 saturated carbocycles. The fourth-order valence-electron chi connectivity index (χ4n) is 2.00. The number of piperazine rings is 1. The lowest BCUT2D eigenvalue weighted by Gasteiger charge is -2.37. The first kappa shape index (κ1) is 14.7. The van der Waals surface area contributed by atoms with E-state index in [0.717, 1.165) is 5.57 Å². The number of hydrogen-bond acceptors (Lipinski definition) is 3. The van der Waals surface area contributed by atoms with Crippen LogP contribution in [0, 0.1) is 5.92 Å². The average molecular weight is 254 g/mol. The second-order valence-corrected chi connectivity index (χ2v) is 5.00. The molecule has 5 nitrogen and oxygen atoms in total. The van der Waals surface area contributed by atoms with Gasteiger partial charge in [-0.2, -0.15) is 0 Å². The van der Waals surface area contributed by atoms with Crippen molar-refractivity contribution >= 4 is 11.8 Å². The van der Waals surface area contributed by atoms with Gasteiger partial charge in [-0.25, -0.2) is 0 Å². The molecule has 1 heterocycles. The number of nitrogens with one attached hydrogen (secondary N) is 1. The molecule has 1 unspecified atom stereocenters. The number of carbonyl (C=O) groups is 2. The molecule has 0 bridgehead atoms. The van der Waals surface area contributed by atoms with Gasteiger partial charge in [-0.1, -0.05) is 26.0 Å². The van der Waals surface area contributed by atoms with Crippen LogP contribution in [0.3, 0.4) is 0 Å². The van der Waals surface area contributed by atoms with Crippen LogP contribution in [0.15, 0.2) is 12.2 Å². The van der Waals surface area contributed by atoms with E-state index in [0.29, 0.717) is 19.8 Å². The molecule has 2 amide bonds. The second kappa shape index (κ2) is 6.54. The molecule has 102 valence electrons. The topological polar surface area (TPSA) is 58.6 Å². The maximum Gasteiger partial charge on any atom is 0.243 e. The summed E-state index contributed by atoms with van der Waals surface area (Å²) in [7, 11) is 0. The van der Waals surface area contributed by atoms with E-state index in [2.05, 4.69) is 11.9 Å². The van der Waals surface area contributed by atoms with E-state index in [1.54, 1.807) is 4.90 Å². The molecule has 18 heavy (non-hydrogen) atoms. The fraction of sp³-hybridized carbons (Fsp3) is 0.692. The van der Waals surface area contributed by atoms with Gasteiger partial charge in [0.05, 0.1) is 19.8 Å². The van der Waals surface area contributed by atoms with E-state index in [4.69, 9.17) is 4.74 Å². The summed E-state index contributed by atoms with van der Waals surface area (Å²) in [6.45, 7) is 10.9. The average Bonchev–Trinajstić information content (AvgIpc) is 2.27. The molecule has 5 heteroatoms. The Bertz CT molecular complexity index is 339. The van der Waals surface area contributed by atoms with Crippen LogP contribution in [0.4, 0.5) is 0 Å². The Kier molecular flexibility index (Phi) is 5.34. The fourth-order valence-corrected chi connectivity index (χ4v) is 2.00. The van der Waals surface area contributed by atoms with Crippen LogP contribution in [0.5, 0.6) is 0 Å². The molecule has 1 aliphatic heterocycles. The summed E-state index contributed by atoms with van der Waals surface area (Å²) in [4.78, 5) is 25.2. The van der Waals surface area contributed by atoms with E-state index in [9.17, 15) is 9.59 Å². The molecule has 1 N–H and O–H groups in total. The van der Waals surface area contributed by atoms with E-state index < -0.39 is 0 Å². The van der Waals surface area contributed by atoms with Gasteiger partial charge in [0.2, 0.25) is 11.8 Å². The molecule has 0 spiro atoms. The Morgan fingerprint density at radius 1 is 1.56 bits per heavy atom. The van der Waals surface area contributed by atoms with Crippen LogP contribution >= 0.6 is 0 Å². The van der Waals surface area contributed by atoms with Gasteiger partial charge in [-0.05, 0) is 12.8 Å². The van der Waals surface area contributed by atoms with Gasteiger partial charge in [0.25, 0.3) is 0 Å². The zero-order valence-electron chi connectivity index (χ0n) is 11.4. The zero-order chi connectivity index (χ0) is 13.7. The number of rotatable bonds is 6. The Morgan fingerprint density at radius 2 is 2.22 bits per heavy atom. The predicted octanol–water partition coefficient (Wildman–Crippen LogP) is 0.562. The summed E-state index contributed by atoms with van der Waals surface area (Å²) in [6, 6.07) is -0.389. The van der Waals surface area contributed by atoms with Crippen LogP contribution in [0.1, 0.15) is 20.8 Å². The van der Waals surface area contributed by atoms with Gasteiger partial charge < -0.3 is 15.0 Å². The van der Waals surface area contributed by atoms with Crippen LogP contribution < -0.4 is 5.32 Å². The van der Waals surface area contributed by atoms with Gasteiger partial charge in [-0.3, -0.25) is 9.59 Å². The first-order valence-corrected chi connectivity index (χ1v) is 6.22. The highest BCUT2D eigenvalue weighted by Crippen LogP contribution is 2.14. The van der Waals surface area contributed by atoms with Crippen molar-refractivity contribution in [2.75, 3.05) is 26.3 Å². The molecule has 1 rings (SSSR count). The Morgan fingerprint density at radius 3 is 2.78 bits per heavy atom. The number of amides is 2. The van der Waals surface area contributed by atoms with Crippen molar-refractivity contribution in [3.8, 4) is 0 Å². The first-order chi connectivity index (χ1) is 8.43. The summed E-state index contributed by atoms with van der Waals surface area (Å²) in [5, 5.41) is 2.62. The zero-order valence-corrected chi connectivity index (χ0v) is 11.4. The molecule has 1 atom stereocenters. The molecular weight excluding hydrogens is 232 g/mol. The minimum absolute atomic E-state index is 0.0489. The van der Waals surface area contributed by atoms with Crippen molar-refractivity contribution in [2.24, 2.45) is 5.92 Å². The Balaban J connectivity index is 2.54. The minimum Gasteiger partial charge on any atom is -0.375 e. The quantitative estimate of drug-likeness (QED) is 0.556. The SMILES string of the molecule is C=C(C)COCCN1C(=O)CNC(=O)C1C(C)C. The normalized spacial score (nSPS) is 20.2. The summed E-state index contributed by atoms with van der Waals surface area (Å²) < 4.78 is 5.38. The lowest BCUT2D eigenvalue weighted by Crippen LogP contribution is -2.60. The lowest BCUT2D eigenvalue weighted by atomic mass is 9.99. The summed E-state index contributed by atoms with van der Waals surface area (Å²) in [5.41, 5.74) is 0.943. The highest BCUT2D eigenvalue weighted by atomic mass is 16.5. The minimum atomic E-state index is -0.389. The Labute approximate surface area is 108 Å². The molecule has 0 aromatic rings. The van der Waals surface area contributed by atoms with Crippen molar-refractivity contribution in [3.05, 3.63) is 12.2 Å². The number of ether oxygens (including phenoxy) is 1. The van der Waals surface area contributed by atoms with Gasteiger partial charge in [0.15, 0.2) is 0 Å². The van der Waals surface area contributed by atoms with Gasteiger partial charge >= 0.3 is 0 Å². The molecule has 1 saturated heterocycles. The van der Waals surface area contributed by atoms with Crippen molar-refractivity contribution in [2.45, 2.75) is 26.8 Å². The largest absolute Gasteiger partial charge is 0.375 e. The number of nitrogens with zero attached hydrogens (tertiary/aromatic N) is 1. The third-order valence-electron chi connectivity index (χ3n) is 2.80. The molecule has 0 aromatic carbocycles. The van der Waals surface area contributed by atoms with Crippen LogP contribution in [0.2, 0.25) is 0 Å². The van der Waals surface area contributed by atoms with Gasteiger partial charge in [0, 0.05) is 6.54 Å². The van der Waals surface area contributed by atoms with Gasteiger partial charge in [0.1, 0.15) is 6.04 Å². The molecule has 0 aromatic heterocycles. The van der Waals surface area contributed by atoms with E-state index in [-0.39, 0.29) is 30.3 Å². The highest BCUT2D eigenvalue weighted by molar-refractivity contribution is 5.94. The summed E-state index contributed by atoms with van der Waals surface area (Å²) in [6.07, 6.45) is 0. The van der Waals surface area contributed by atoms with Crippen LogP contribution in [-0.4, -0.2) is 49.1 Å². The molecule has 1 fully saturated rings. The monoisotopic (exact) mass is 254 g/mol. The van der Waals surface area contributed by atoms with E-state index >= 15 is 0 Å². The lowest BCUT2D eigenvalue weighted by molar-refractivity contribution is -0.148. The van der Waals surface area contributed by atoms with E-state index in [1.807, 2.05) is 20.8 Å². The maximum absolute atomic E-state index is 11.8. The van der Waals surface area contributed by atoms with E-state index in [1.165, 1.54) is 0 Å². The van der Waals surface area contributed by atoms with Crippen LogP contribution in [-0.2, 0) is 14.3 Å². The first-order valence-electron chi connectivity index (χ1n) is 6.22. The number of carbonyl (C=O) groups excluding carboxylic acids is 2. The summed E-state index contributed by atoms with van der Waals surface area (Å²) >= 11 is 0. The van der Waals surface area contributed by atoms with Crippen molar-refractivity contribution in [3.63, 3.8) is 0 Å². The van der Waals surface area contributed by atoms with Crippen molar-refractivity contribution < 1.29 is 14.3 Å². The predicted molar refractivity (Wildman–Crippen MR) is 69.0 cm³/mol. The second-order valence-electron chi connectivity index (χ2n) is 5.00. The highest BCUT2D eigenvalue weighted by Gasteiger charge is 2.35. The molecule has 1 aliphatic rings. The standard InChI is InChI=1S/C13H22N2O3/c1-9(2)8-18-6-5-15-11(16)7-14-13(17)12(15)10(3)4/h10,12H,1,5-8H2,2-4H3,(H,14,17). The molecular formula is C13H22N2O3. The smallest absolute Gasteiger partial charge is 0.243 e. The molecule has 0 radical (unpaired) electrons. The summed E-state index contributed by atoms with van der Waals surface area (Å²) in [5.74, 6) is -0.0351.